The van der Waals surface area contributed by atoms with Crippen LogP contribution in [0.3, 0.4) is 0 Å². The molecule has 1 fully saturated rings. The summed E-state index contributed by atoms with van der Waals surface area (Å²) in [6.07, 6.45) is 2.83. The van der Waals surface area contributed by atoms with Crippen LogP contribution in [0.5, 0.6) is 0 Å². The number of fused-ring (bicyclic) bond motifs is 1. The molecule has 2 N–H and O–H groups in total. The first-order chi connectivity index (χ1) is 10.4. The molecule has 0 saturated carbocycles. The Morgan fingerprint density at radius 1 is 1.32 bits per heavy atom. The molecule has 1 saturated heterocycles. The van der Waals surface area contributed by atoms with Crippen molar-refractivity contribution >= 4 is 6.09 Å². The Bertz CT molecular complexity index is 541. The zero-order valence-corrected chi connectivity index (χ0v) is 13.7. The van der Waals surface area contributed by atoms with Crippen LogP contribution < -0.4 is 5.32 Å². The molecule has 1 aromatic rings. The van der Waals surface area contributed by atoms with Crippen molar-refractivity contribution in [1.29, 1.82) is 0 Å². The second kappa shape index (κ2) is 5.91. The smallest absolute Gasteiger partial charge is 0.410 e. The number of H-pyrrole nitrogens is 1. The molecular formula is C16H26N4O2. The van der Waals surface area contributed by atoms with Crippen molar-refractivity contribution in [3.05, 3.63) is 17.0 Å². The van der Waals surface area contributed by atoms with Gasteiger partial charge in [-0.1, -0.05) is 0 Å². The number of aromatic nitrogens is 2. The molecule has 0 aromatic carbocycles. The maximum Gasteiger partial charge on any atom is 0.410 e. The lowest BCUT2D eigenvalue weighted by Gasteiger charge is -2.31. The lowest BCUT2D eigenvalue weighted by Crippen LogP contribution is -2.40. The number of carbonyl (C=O) groups is 1. The van der Waals surface area contributed by atoms with Crippen LogP contribution in [-0.2, 0) is 17.7 Å². The van der Waals surface area contributed by atoms with Crippen LogP contribution in [0.2, 0.25) is 0 Å². The quantitative estimate of drug-likeness (QED) is 0.834. The number of ether oxygens (including phenoxy) is 1. The van der Waals surface area contributed by atoms with Gasteiger partial charge in [-0.15, -0.1) is 0 Å². The van der Waals surface area contributed by atoms with Gasteiger partial charge in [-0.2, -0.15) is 5.10 Å². The minimum atomic E-state index is -0.453. The molecule has 2 aliphatic heterocycles. The molecule has 122 valence electrons. The second-order valence-electron chi connectivity index (χ2n) is 7.24. The fourth-order valence-electron chi connectivity index (χ4n) is 3.23. The third-order valence-corrected chi connectivity index (χ3v) is 4.34. The number of aromatic amines is 1. The topological polar surface area (TPSA) is 70.2 Å². The first kappa shape index (κ1) is 15.3. The van der Waals surface area contributed by atoms with E-state index >= 15 is 0 Å². The first-order valence-electron chi connectivity index (χ1n) is 8.19. The number of amides is 1. The molecule has 0 aliphatic carbocycles. The zero-order valence-electron chi connectivity index (χ0n) is 13.7. The van der Waals surface area contributed by atoms with Crippen molar-refractivity contribution in [1.82, 2.24) is 20.4 Å². The molecule has 22 heavy (non-hydrogen) atoms. The van der Waals surface area contributed by atoms with E-state index in [4.69, 9.17) is 4.74 Å². The summed E-state index contributed by atoms with van der Waals surface area (Å²) in [5, 5.41) is 11.1. The highest BCUT2D eigenvalue weighted by Gasteiger charge is 2.31. The number of rotatable bonds is 1. The lowest BCUT2D eigenvalue weighted by atomic mass is 9.90. The highest BCUT2D eigenvalue weighted by Crippen LogP contribution is 2.31. The molecule has 1 amide bonds. The van der Waals surface area contributed by atoms with Gasteiger partial charge < -0.3 is 15.0 Å². The van der Waals surface area contributed by atoms with E-state index in [1.807, 2.05) is 20.8 Å². The Morgan fingerprint density at radius 3 is 2.73 bits per heavy atom. The molecule has 3 rings (SSSR count). The molecule has 0 unspecified atom stereocenters. The Hall–Kier alpha value is -1.56. The van der Waals surface area contributed by atoms with Crippen LogP contribution in [0.4, 0.5) is 4.79 Å². The van der Waals surface area contributed by atoms with Gasteiger partial charge in [0.15, 0.2) is 0 Å². The fourth-order valence-corrected chi connectivity index (χ4v) is 3.23. The molecule has 2 aliphatic rings. The predicted molar refractivity (Wildman–Crippen MR) is 83.8 cm³/mol. The van der Waals surface area contributed by atoms with E-state index in [9.17, 15) is 4.79 Å². The van der Waals surface area contributed by atoms with Crippen molar-refractivity contribution in [2.24, 2.45) is 0 Å². The predicted octanol–water partition coefficient (Wildman–Crippen LogP) is 2.17. The minimum Gasteiger partial charge on any atom is -0.444 e. The van der Waals surface area contributed by atoms with E-state index in [0.29, 0.717) is 19.0 Å². The molecule has 0 bridgehead atoms. The monoisotopic (exact) mass is 306 g/mol. The van der Waals surface area contributed by atoms with Gasteiger partial charge in [-0.05, 0) is 46.7 Å². The van der Waals surface area contributed by atoms with Crippen LogP contribution in [0, 0.1) is 0 Å². The van der Waals surface area contributed by atoms with E-state index in [1.165, 1.54) is 11.3 Å². The van der Waals surface area contributed by atoms with E-state index in [0.717, 1.165) is 38.0 Å². The van der Waals surface area contributed by atoms with E-state index < -0.39 is 5.60 Å². The van der Waals surface area contributed by atoms with Crippen molar-refractivity contribution in [3.63, 3.8) is 0 Å². The van der Waals surface area contributed by atoms with Crippen LogP contribution in [0.15, 0.2) is 0 Å². The van der Waals surface area contributed by atoms with Gasteiger partial charge in [0.25, 0.3) is 0 Å². The Kier molecular flexibility index (Phi) is 4.12. The summed E-state index contributed by atoms with van der Waals surface area (Å²) in [6.45, 7) is 9.09. The highest BCUT2D eigenvalue weighted by molar-refractivity contribution is 5.68. The molecule has 6 nitrogen and oxygen atoms in total. The standard InChI is InChI=1S/C16H26N4O2/c1-16(2,3)22-15(21)20-9-6-13-12(10-20)14(19-18-13)11-4-7-17-8-5-11/h11,17H,4-10H2,1-3H3,(H,18,19). The SMILES string of the molecule is CC(C)(C)OC(=O)N1CCc2[nH]nc(C3CCNCC3)c2C1. The highest BCUT2D eigenvalue weighted by atomic mass is 16.6. The van der Waals surface area contributed by atoms with E-state index in [2.05, 4.69) is 15.5 Å². The number of hydrogen-bond donors (Lipinski definition) is 2. The normalized spacial score (nSPS) is 19.9. The maximum atomic E-state index is 12.3. The van der Waals surface area contributed by atoms with Gasteiger partial charge in [-0.25, -0.2) is 4.79 Å². The molecule has 6 heteroatoms. The number of nitrogens with zero attached hydrogens (tertiary/aromatic N) is 2. The molecular weight excluding hydrogens is 280 g/mol. The fraction of sp³-hybridized carbons (Fsp3) is 0.750. The van der Waals surface area contributed by atoms with Crippen LogP contribution in [0.1, 0.15) is 56.5 Å². The van der Waals surface area contributed by atoms with E-state index in [1.54, 1.807) is 4.90 Å². The molecule has 0 spiro atoms. The third-order valence-electron chi connectivity index (χ3n) is 4.34. The van der Waals surface area contributed by atoms with Crippen molar-refractivity contribution < 1.29 is 9.53 Å². The Balaban J connectivity index is 1.74. The largest absolute Gasteiger partial charge is 0.444 e. The maximum absolute atomic E-state index is 12.3. The summed E-state index contributed by atoms with van der Waals surface area (Å²) in [4.78, 5) is 14.1. The third kappa shape index (κ3) is 3.27. The molecule has 1 aromatic heterocycles. The number of nitrogens with one attached hydrogen (secondary N) is 2. The van der Waals surface area contributed by atoms with Crippen molar-refractivity contribution in [2.75, 3.05) is 19.6 Å². The van der Waals surface area contributed by atoms with Gasteiger partial charge in [0.05, 0.1) is 12.2 Å². The summed E-state index contributed by atoms with van der Waals surface area (Å²) < 4.78 is 5.50. The van der Waals surface area contributed by atoms with Gasteiger partial charge in [-0.3, -0.25) is 5.10 Å². The van der Waals surface area contributed by atoms with Crippen LogP contribution in [0.25, 0.3) is 0 Å². The number of carbonyl (C=O) groups excluding carboxylic acids is 1. The van der Waals surface area contributed by atoms with Gasteiger partial charge in [0.1, 0.15) is 5.60 Å². The van der Waals surface area contributed by atoms with Gasteiger partial charge >= 0.3 is 6.09 Å². The summed E-state index contributed by atoms with van der Waals surface area (Å²) in [5.41, 5.74) is 3.10. The first-order valence-corrected chi connectivity index (χ1v) is 8.19. The number of piperidine rings is 1. The molecule has 3 heterocycles. The summed E-state index contributed by atoms with van der Waals surface area (Å²) in [5.74, 6) is 0.500. The summed E-state index contributed by atoms with van der Waals surface area (Å²) in [7, 11) is 0. The number of hydrogen-bond acceptors (Lipinski definition) is 4. The Morgan fingerprint density at radius 2 is 2.05 bits per heavy atom. The van der Waals surface area contributed by atoms with Gasteiger partial charge in [0, 0.05) is 30.1 Å². The van der Waals surface area contributed by atoms with Crippen LogP contribution >= 0.6 is 0 Å². The molecule has 0 radical (unpaired) electrons. The lowest BCUT2D eigenvalue weighted by molar-refractivity contribution is 0.0223. The summed E-state index contributed by atoms with van der Waals surface area (Å²) >= 11 is 0. The van der Waals surface area contributed by atoms with Crippen molar-refractivity contribution in [3.8, 4) is 0 Å². The zero-order chi connectivity index (χ0) is 15.7. The van der Waals surface area contributed by atoms with Crippen LogP contribution in [-0.4, -0.2) is 46.4 Å². The molecule has 0 atom stereocenters. The average molecular weight is 306 g/mol. The summed E-state index contributed by atoms with van der Waals surface area (Å²) in [6, 6.07) is 0. The average Bonchev–Trinajstić information content (AvgIpc) is 2.89. The Labute approximate surface area is 131 Å². The minimum absolute atomic E-state index is 0.226. The second-order valence-corrected chi connectivity index (χ2v) is 7.24. The van der Waals surface area contributed by atoms with E-state index in [-0.39, 0.29) is 6.09 Å². The van der Waals surface area contributed by atoms with Gasteiger partial charge in [0.2, 0.25) is 0 Å². The van der Waals surface area contributed by atoms with Crippen molar-refractivity contribution in [2.45, 2.75) is 58.1 Å².